The van der Waals surface area contributed by atoms with Crippen molar-refractivity contribution in [1.29, 1.82) is 0 Å². The van der Waals surface area contributed by atoms with Gasteiger partial charge in [-0.2, -0.15) is 0 Å². The lowest BCUT2D eigenvalue weighted by Crippen LogP contribution is -2.46. The molecule has 0 bridgehead atoms. The molecule has 1 N–H and O–H groups in total. The molecule has 0 radical (unpaired) electrons. The number of carbonyl (C=O) groups excluding carboxylic acids is 2. The lowest BCUT2D eigenvalue weighted by molar-refractivity contribution is -0.131. The van der Waals surface area contributed by atoms with Gasteiger partial charge in [0, 0.05) is 7.05 Å². The molecule has 2 rings (SSSR count). The first-order valence-corrected chi connectivity index (χ1v) is 8.33. The number of likely N-dealkylation sites (N-methyl/N-ethyl adjacent to an activating group) is 1. The summed E-state index contributed by atoms with van der Waals surface area (Å²) in [6.07, 6.45) is 0. The van der Waals surface area contributed by atoms with Gasteiger partial charge in [-0.25, -0.2) is 4.39 Å². The van der Waals surface area contributed by atoms with Crippen LogP contribution in [0.2, 0.25) is 0 Å². The van der Waals surface area contributed by atoms with Crippen LogP contribution < -0.4 is 10.1 Å². The molecule has 0 aliphatic rings. The third-order valence-corrected chi connectivity index (χ3v) is 4.23. The van der Waals surface area contributed by atoms with Gasteiger partial charge in [0.1, 0.15) is 12.6 Å². The normalized spacial score (nSPS) is 11.6. The molecule has 1 aromatic carbocycles. The smallest absolute Gasteiger partial charge is 0.261 e. The summed E-state index contributed by atoms with van der Waals surface area (Å²) >= 11 is 1.31. The Morgan fingerprint density at radius 2 is 2.04 bits per heavy atom. The third-order valence-electron chi connectivity index (χ3n) is 3.36. The predicted molar refractivity (Wildman–Crippen MR) is 90.8 cm³/mol. The van der Waals surface area contributed by atoms with E-state index in [1.165, 1.54) is 28.4 Å². The summed E-state index contributed by atoms with van der Waals surface area (Å²) in [6.45, 7) is 2.07. The third kappa shape index (κ3) is 4.79. The second kappa shape index (κ2) is 8.44. The van der Waals surface area contributed by atoms with E-state index in [0.717, 1.165) is 0 Å². The van der Waals surface area contributed by atoms with Crippen LogP contribution in [0.3, 0.4) is 0 Å². The summed E-state index contributed by atoms with van der Waals surface area (Å²) in [5.74, 6) is -0.806. The highest BCUT2D eigenvalue weighted by atomic mass is 32.1. The highest BCUT2D eigenvalue weighted by molar-refractivity contribution is 7.12. The van der Waals surface area contributed by atoms with Crippen LogP contribution in [0, 0.1) is 5.82 Å². The minimum atomic E-state index is -0.655. The van der Waals surface area contributed by atoms with Crippen molar-refractivity contribution in [3.63, 3.8) is 0 Å². The number of benzene rings is 1. The van der Waals surface area contributed by atoms with Crippen molar-refractivity contribution in [2.24, 2.45) is 0 Å². The SMILES string of the molecule is CC(NC(=O)c1cccs1)C(=O)N(C)CCOc1ccccc1F. The van der Waals surface area contributed by atoms with Gasteiger partial charge >= 0.3 is 0 Å². The number of thiophene rings is 1. The number of carbonyl (C=O) groups is 2. The van der Waals surface area contributed by atoms with Crippen molar-refractivity contribution >= 4 is 23.2 Å². The summed E-state index contributed by atoms with van der Waals surface area (Å²) in [7, 11) is 1.61. The Bertz CT molecular complexity index is 691. The maximum atomic E-state index is 13.4. The average Bonchev–Trinajstić information content (AvgIpc) is 3.10. The van der Waals surface area contributed by atoms with Crippen LogP contribution in [0.5, 0.6) is 5.75 Å². The molecule has 2 amide bonds. The van der Waals surface area contributed by atoms with E-state index in [2.05, 4.69) is 5.32 Å². The fourth-order valence-electron chi connectivity index (χ4n) is 2.03. The molecule has 1 heterocycles. The minimum absolute atomic E-state index is 0.150. The zero-order valence-electron chi connectivity index (χ0n) is 13.5. The van der Waals surface area contributed by atoms with Gasteiger partial charge in [0.25, 0.3) is 5.91 Å². The number of hydrogen-bond donors (Lipinski definition) is 1. The Morgan fingerprint density at radius 1 is 1.29 bits per heavy atom. The Morgan fingerprint density at radius 3 is 2.71 bits per heavy atom. The van der Waals surface area contributed by atoms with E-state index in [0.29, 0.717) is 4.88 Å². The van der Waals surface area contributed by atoms with E-state index in [1.54, 1.807) is 43.6 Å². The Hall–Kier alpha value is -2.41. The lowest BCUT2D eigenvalue weighted by Gasteiger charge is -2.22. The van der Waals surface area contributed by atoms with Crippen LogP contribution in [0.1, 0.15) is 16.6 Å². The van der Waals surface area contributed by atoms with Crippen molar-refractivity contribution in [3.05, 3.63) is 52.5 Å². The topological polar surface area (TPSA) is 58.6 Å². The predicted octanol–water partition coefficient (Wildman–Crippen LogP) is 2.54. The van der Waals surface area contributed by atoms with Crippen LogP contribution in [0.25, 0.3) is 0 Å². The van der Waals surface area contributed by atoms with Gasteiger partial charge in [-0.05, 0) is 30.5 Å². The quantitative estimate of drug-likeness (QED) is 0.835. The molecule has 0 fully saturated rings. The van der Waals surface area contributed by atoms with E-state index in [4.69, 9.17) is 4.74 Å². The molecule has 2 aromatic rings. The molecule has 24 heavy (non-hydrogen) atoms. The van der Waals surface area contributed by atoms with Gasteiger partial charge in [0.05, 0.1) is 11.4 Å². The van der Waals surface area contributed by atoms with Crippen molar-refractivity contribution < 1.29 is 18.7 Å². The molecule has 7 heteroatoms. The first-order valence-electron chi connectivity index (χ1n) is 7.45. The van der Waals surface area contributed by atoms with Crippen LogP contribution in [0.4, 0.5) is 4.39 Å². The molecular weight excluding hydrogens is 331 g/mol. The van der Waals surface area contributed by atoms with Crippen LogP contribution in [-0.2, 0) is 4.79 Å². The highest BCUT2D eigenvalue weighted by Gasteiger charge is 2.20. The monoisotopic (exact) mass is 350 g/mol. The van der Waals surface area contributed by atoms with Gasteiger partial charge < -0.3 is 15.0 Å². The molecule has 0 saturated carbocycles. The number of nitrogens with zero attached hydrogens (tertiary/aromatic N) is 1. The molecule has 0 aliphatic carbocycles. The Labute approximate surface area is 144 Å². The molecule has 5 nitrogen and oxygen atoms in total. The number of ether oxygens (including phenoxy) is 1. The summed E-state index contributed by atoms with van der Waals surface area (Å²) in [6, 6.07) is 8.91. The van der Waals surface area contributed by atoms with Crippen LogP contribution in [-0.4, -0.2) is 43.0 Å². The molecule has 128 valence electrons. The zero-order chi connectivity index (χ0) is 17.5. The molecule has 0 spiro atoms. The second-order valence-electron chi connectivity index (χ2n) is 5.21. The van der Waals surface area contributed by atoms with E-state index >= 15 is 0 Å². The van der Waals surface area contributed by atoms with Crippen LogP contribution in [0.15, 0.2) is 41.8 Å². The highest BCUT2D eigenvalue weighted by Crippen LogP contribution is 2.15. The average molecular weight is 350 g/mol. The van der Waals surface area contributed by atoms with Crippen molar-refractivity contribution in [1.82, 2.24) is 10.2 Å². The molecular formula is C17H19FN2O3S. The van der Waals surface area contributed by atoms with Crippen molar-refractivity contribution in [2.45, 2.75) is 13.0 Å². The van der Waals surface area contributed by atoms with Gasteiger partial charge in [0.15, 0.2) is 11.6 Å². The fraction of sp³-hybridized carbons (Fsp3) is 0.294. The summed E-state index contributed by atoms with van der Waals surface area (Å²) in [4.78, 5) is 26.2. The standard InChI is InChI=1S/C17H19FN2O3S/c1-12(19-16(21)15-8-5-11-24-15)17(22)20(2)9-10-23-14-7-4-3-6-13(14)18/h3-8,11-12H,9-10H2,1-2H3,(H,19,21). The van der Waals surface area contributed by atoms with E-state index in [-0.39, 0.29) is 30.7 Å². The number of halogens is 1. The van der Waals surface area contributed by atoms with Crippen molar-refractivity contribution in [2.75, 3.05) is 20.2 Å². The minimum Gasteiger partial charge on any atom is -0.489 e. The fourth-order valence-corrected chi connectivity index (χ4v) is 2.66. The van der Waals surface area contributed by atoms with Gasteiger partial charge in [0.2, 0.25) is 5.91 Å². The number of amides is 2. The second-order valence-corrected chi connectivity index (χ2v) is 6.16. The number of nitrogens with one attached hydrogen (secondary N) is 1. The van der Waals surface area contributed by atoms with Gasteiger partial charge in [-0.3, -0.25) is 9.59 Å². The van der Waals surface area contributed by atoms with Gasteiger partial charge in [-0.15, -0.1) is 11.3 Å². The zero-order valence-corrected chi connectivity index (χ0v) is 14.3. The first-order chi connectivity index (χ1) is 11.5. The van der Waals surface area contributed by atoms with E-state index < -0.39 is 11.9 Å². The summed E-state index contributed by atoms with van der Waals surface area (Å²) in [5, 5.41) is 4.46. The molecule has 0 saturated heterocycles. The van der Waals surface area contributed by atoms with Gasteiger partial charge in [-0.1, -0.05) is 18.2 Å². The molecule has 1 atom stereocenters. The molecule has 1 unspecified atom stereocenters. The Balaban J connectivity index is 1.79. The first kappa shape index (κ1) is 17.9. The van der Waals surface area contributed by atoms with Crippen LogP contribution >= 0.6 is 11.3 Å². The largest absolute Gasteiger partial charge is 0.489 e. The summed E-state index contributed by atoms with van der Waals surface area (Å²) in [5.41, 5.74) is 0. The molecule has 0 aliphatic heterocycles. The summed E-state index contributed by atoms with van der Waals surface area (Å²) < 4.78 is 18.7. The van der Waals surface area contributed by atoms with Crippen molar-refractivity contribution in [3.8, 4) is 5.75 Å². The number of hydrogen-bond acceptors (Lipinski definition) is 4. The maximum absolute atomic E-state index is 13.4. The lowest BCUT2D eigenvalue weighted by atomic mass is 10.2. The van der Waals surface area contributed by atoms with E-state index in [1.807, 2.05) is 0 Å². The Kier molecular flexibility index (Phi) is 6.31. The number of rotatable bonds is 7. The number of para-hydroxylation sites is 1. The van der Waals surface area contributed by atoms with E-state index in [9.17, 15) is 14.0 Å². The maximum Gasteiger partial charge on any atom is 0.261 e. The molecule has 1 aromatic heterocycles.